The Bertz CT molecular complexity index is 5460. The number of fused-ring (bicyclic) bond motifs is 2. The summed E-state index contributed by atoms with van der Waals surface area (Å²) >= 11 is 0. The number of sulfonamides is 2. The summed E-state index contributed by atoms with van der Waals surface area (Å²) in [7, 11) is 0.727. The zero-order chi connectivity index (χ0) is 82.0. The highest BCUT2D eigenvalue weighted by molar-refractivity contribution is 7.93. The maximum atomic E-state index is 15.4. The van der Waals surface area contributed by atoms with Gasteiger partial charge in [-0.15, -0.1) is 0 Å². The van der Waals surface area contributed by atoms with Crippen LogP contribution in [0.15, 0.2) is 180 Å². The minimum atomic E-state index is -4.38. The first-order valence-corrected chi connectivity index (χ1v) is 37.5. The first-order valence-electron chi connectivity index (χ1n) is 34.6. The first-order chi connectivity index (χ1) is 54.5. The molecule has 0 radical (unpaired) electrons. The lowest BCUT2D eigenvalue weighted by Crippen LogP contribution is -2.43. The van der Waals surface area contributed by atoms with E-state index < -0.39 is 114 Å². The molecule has 26 nitrogen and oxygen atoms in total. The molecule has 0 aliphatic carbocycles. The van der Waals surface area contributed by atoms with Crippen LogP contribution >= 0.6 is 0 Å². The zero-order valence-corrected chi connectivity index (χ0v) is 63.6. The molecule has 4 aromatic heterocycles. The number of pyridine rings is 2. The molecule has 0 bridgehead atoms. The third-order valence-electron chi connectivity index (χ3n) is 18.1. The Balaban J connectivity index is 0.000000225. The number of benzene rings is 8. The van der Waals surface area contributed by atoms with Gasteiger partial charge in [-0.2, -0.15) is 19.0 Å². The summed E-state index contributed by atoms with van der Waals surface area (Å²) in [4.78, 5) is 57.8. The van der Waals surface area contributed by atoms with E-state index in [0.29, 0.717) is 151 Å². The van der Waals surface area contributed by atoms with Gasteiger partial charge in [0.05, 0.1) is 97.4 Å². The van der Waals surface area contributed by atoms with E-state index in [4.69, 9.17) is 28.4 Å². The van der Waals surface area contributed by atoms with Crippen molar-refractivity contribution >= 4 is 77.0 Å². The molecular weight excluding hydrogens is 1540 g/mol. The molecule has 0 spiro atoms. The molecule has 12 rings (SSSR count). The molecule has 0 aliphatic heterocycles. The van der Waals surface area contributed by atoms with E-state index in [9.17, 15) is 55.0 Å². The topological polar surface area (TPSA) is 342 Å². The Kier molecular flexibility index (Phi) is 25.3. The van der Waals surface area contributed by atoms with Gasteiger partial charge in [0.2, 0.25) is 11.9 Å². The monoisotopic (exact) mass is 1610 g/mol. The molecule has 592 valence electrons. The van der Waals surface area contributed by atoms with Crippen LogP contribution in [0.4, 0.5) is 37.7 Å². The van der Waals surface area contributed by atoms with E-state index in [1.807, 2.05) is 38.1 Å². The predicted octanol–water partition coefficient (Wildman–Crippen LogP) is 13.0. The molecule has 0 saturated carbocycles. The van der Waals surface area contributed by atoms with Gasteiger partial charge in [0.15, 0.2) is 0 Å². The summed E-state index contributed by atoms with van der Waals surface area (Å²) in [6.07, 6.45) is 4.97. The summed E-state index contributed by atoms with van der Waals surface area (Å²) < 4.78 is 182. The number of aryl methyl sites for hydroxylation is 2. The number of hydrogen-bond acceptors (Lipinski definition) is 18. The van der Waals surface area contributed by atoms with E-state index >= 15 is 17.6 Å². The number of hydrogen-bond donors (Lipinski definition) is 6. The number of methoxy groups -OCH3 is 4. The Morgan fingerprint density at radius 1 is 0.456 bits per heavy atom. The second-order valence-corrected chi connectivity index (χ2v) is 28.8. The van der Waals surface area contributed by atoms with Crippen molar-refractivity contribution in [1.82, 2.24) is 40.2 Å². The fourth-order valence-electron chi connectivity index (χ4n) is 12.8. The first kappa shape index (κ1) is 82.1. The minimum Gasteiger partial charge on any atom is -0.496 e. The van der Waals surface area contributed by atoms with Crippen LogP contribution in [0.2, 0.25) is 0 Å². The number of carbonyl (C=O) groups excluding carboxylic acids is 2. The van der Waals surface area contributed by atoms with Crippen LogP contribution in [0, 0.1) is 35.2 Å². The summed E-state index contributed by atoms with van der Waals surface area (Å²) in [5, 5.41) is 34.5. The third-order valence-corrected chi connectivity index (χ3v) is 20.9. The van der Waals surface area contributed by atoms with Crippen LogP contribution in [0.1, 0.15) is 56.8 Å². The SMILES string of the molecule is CCOCc1cc(OC)c(-c2ccc(CC(NC(=O)c3c(F)cc(NS(=O)(=O)c4ccc(-c5ccnc(F)c5)cc4)cc3F)C(=O)O)c3cnn(C)c23)c(OC)c1.CCOCc1cc(OC)c(-c2ccc(C[C@H](NC(=O)c3c(F)cc(NS(=O)(=O)c4ccc(-c5ccnc(F)c5)cc4)cc3F)C(=O)O)c3cnn(C)c23)c(OC)c1. The number of nitrogens with zero attached hydrogens (tertiary/aromatic N) is 6. The van der Waals surface area contributed by atoms with Gasteiger partial charge in [-0.3, -0.25) is 28.4 Å². The summed E-state index contributed by atoms with van der Waals surface area (Å²) in [5.74, 6) is -11.0. The molecule has 0 aliphatic rings. The number of ether oxygens (including phenoxy) is 6. The van der Waals surface area contributed by atoms with Crippen molar-refractivity contribution in [2.24, 2.45) is 14.1 Å². The number of aliphatic carboxylic acids is 2. The maximum absolute atomic E-state index is 15.4. The van der Waals surface area contributed by atoms with Gasteiger partial charge in [0.1, 0.15) is 69.5 Å². The van der Waals surface area contributed by atoms with E-state index in [2.05, 4.69) is 40.2 Å². The highest BCUT2D eigenvalue weighted by atomic mass is 32.2. The molecule has 34 heteroatoms. The minimum absolute atomic E-state index is 0.267. The molecule has 2 amide bonds. The number of anilines is 2. The molecule has 0 saturated heterocycles. The number of carboxylic acid groups (broad SMARTS) is 2. The number of carbonyl (C=O) groups is 4. The number of aromatic nitrogens is 6. The molecule has 8 aromatic carbocycles. The average Bonchev–Trinajstić information content (AvgIpc) is 1.53. The molecule has 114 heavy (non-hydrogen) atoms. The maximum Gasteiger partial charge on any atom is 0.326 e. The number of amides is 2. The number of nitrogens with one attached hydrogen (secondary N) is 4. The van der Waals surface area contributed by atoms with Gasteiger partial charge < -0.3 is 49.3 Å². The number of rotatable bonds is 30. The second-order valence-electron chi connectivity index (χ2n) is 25.4. The van der Waals surface area contributed by atoms with Gasteiger partial charge in [0, 0.05) is 86.6 Å². The normalized spacial score (nSPS) is 12.0. The van der Waals surface area contributed by atoms with Crippen LogP contribution < -0.4 is 39.0 Å². The smallest absolute Gasteiger partial charge is 0.326 e. The largest absolute Gasteiger partial charge is 0.496 e. The quantitative estimate of drug-likeness (QED) is 0.0180. The highest BCUT2D eigenvalue weighted by Crippen LogP contribution is 2.46. The van der Waals surface area contributed by atoms with Gasteiger partial charge in [-0.25, -0.2) is 54.0 Å². The standard InChI is InChI=1S/2C40H36F3N5O8S/c2*1-5-56-21-22-14-33(54-3)36(34(15-22)55-4)28-11-8-25(29-20-45-48(2)38(28)29)16-32(40(50)51)46-39(49)37-30(41)18-26(19-31(37)42)47-57(52,53)27-9-6-23(7-10-27)24-12-13-44-35(43)17-24/h2*6-15,17-20,32,47H,5,16,21H2,1-4H3,(H,46,49)(H,50,51)/t32-;/m0./s1. The molecule has 4 heterocycles. The summed E-state index contributed by atoms with van der Waals surface area (Å²) in [6.45, 7) is 5.45. The van der Waals surface area contributed by atoms with Crippen LogP contribution in [0.3, 0.4) is 0 Å². The van der Waals surface area contributed by atoms with Crippen molar-refractivity contribution in [2.75, 3.05) is 51.1 Å². The van der Waals surface area contributed by atoms with Gasteiger partial charge >= 0.3 is 11.9 Å². The van der Waals surface area contributed by atoms with E-state index in [0.717, 1.165) is 11.1 Å². The van der Waals surface area contributed by atoms with Crippen molar-refractivity contribution in [3.63, 3.8) is 0 Å². The Morgan fingerprint density at radius 3 is 1.09 bits per heavy atom. The Labute approximate surface area is 648 Å². The van der Waals surface area contributed by atoms with Crippen molar-refractivity contribution in [2.45, 2.75) is 61.8 Å². The Hall–Kier alpha value is -12.9. The van der Waals surface area contributed by atoms with Crippen molar-refractivity contribution in [3.8, 4) is 67.5 Å². The molecule has 12 aromatic rings. The van der Waals surface area contributed by atoms with Crippen LogP contribution in [-0.2, 0) is 79.3 Å². The van der Waals surface area contributed by atoms with Gasteiger partial charge in [-0.1, -0.05) is 48.5 Å². The molecule has 1 unspecified atom stereocenters. The van der Waals surface area contributed by atoms with Crippen LogP contribution in [0.25, 0.3) is 66.3 Å². The molecule has 6 N–H and O–H groups in total. The van der Waals surface area contributed by atoms with Crippen molar-refractivity contribution < 1.29 is 101 Å². The Morgan fingerprint density at radius 2 is 0.789 bits per heavy atom. The number of carboxylic acids is 2. The summed E-state index contributed by atoms with van der Waals surface area (Å²) in [5.41, 5.74) is 4.81. The van der Waals surface area contributed by atoms with Crippen molar-refractivity contribution in [1.29, 1.82) is 0 Å². The lowest BCUT2D eigenvalue weighted by molar-refractivity contribution is -0.140. The fraction of sp³-hybridized carbons (Fsp3) is 0.200. The summed E-state index contributed by atoms with van der Waals surface area (Å²) in [6, 6.07) is 29.1. The number of halogens is 6. The van der Waals surface area contributed by atoms with E-state index in [1.165, 1.54) is 126 Å². The van der Waals surface area contributed by atoms with Crippen LogP contribution in [0.5, 0.6) is 23.0 Å². The second kappa shape index (κ2) is 35.2. The third kappa shape index (κ3) is 18.2. The van der Waals surface area contributed by atoms with Gasteiger partial charge in [0.25, 0.3) is 31.9 Å². The fourth-order valence-corrected chi connectivity index (χ4v) is 14.8. The lowest BCUT2D eigenvalue weighted by Gasteiger charge is -2.19. The lowest BCUT2D eigenvalue weighted by atomic mass is 9.94. The van der Waals surface area contributed by atoms with Crippen LogP contribution in [-0.4, -0.2) is 134 Å². The average molecular weight is 1610 g/mol. The van der Waals surface area contributed by atoms with Crippen molar-refractivity contribution in [3.05, 3.63) is 239 Å². The zero-order valence-electron chi connectivity index (χ0n) is 61.9. The van der Waals surface area contributed by atoms with E-state index in [-0.39, 0.29) is 22.6 Å². The van der Waals surface area contributed by atoms with E-state index in [1.54, 1.807) is 47.7 Å². The predicted molar refractivity (Wildman–Crippen MR) is 408 cm³/mol. The molecule has 2 atom stereocenters. The van der Waals surface area contributed by atoms with Gasteiger partial charge in [-0.05, 0) is 143 Å². The molecular formula is C80H72F6N10O16S2. The molecule has 0 fully saturated rings. The highest BCUT2D eigenvalue weighted by Gasteiger charge is 2.32.